The summed E-state index contributed by atoms with van der Waals surface area (Å²) in [5, 5.41) is -0.896. The van der Waals surface area contributed by atoms with E-state index in [0.29, 0.717) is 24.6 Å². The van der Waals surface area contributed by atoms with Gasteiger partial charge in [-0.25, -0.2) is 17.6 Å². The highest BCUT2D eigenvalue weighted by molar-refractivity contribution is 6.30. The largest absolute Gasteiger partial charge is 0.429 e. The molecule has 0 bridgehead atoms. The van der Waals surface area contributed by atoms with Gasteiger partial charge in [-0.05, 0) is 18.1 Å². The average molecular weight is 369 g/mol. The first kappa shape index (κ1) is 18.4. The number of aryl methyl sites for hydroxylation is 1. The number of ether oxygens (including phenoxy) is 1. The fraction of sp³-hybridized carbons (Fsp3) is 0.250. The molecular formula is C16H11ClF6O. The molecule has 0 atom stereocenters. The minimum absolute atomic E-state index is 0.0573. The molecular weight excluding hydrogens is 358 g/mol. The van der Waals surface area contributed by atoms with E-state index in [4.69, 9.17) is 11.6 Å². The summed E-state index contributed by atoms with van der Waals surface area (Å²) in [5.41, 5.74) is -1.44. The second kappa shape index (κ2) is 6.93. The molecule has 2 aromatic carbocycles. The molecule has 2 aromatic rings. The third kappa shape index (κ3) is 3.61. The summed E-state index contributed by atoms with van der Waals surface area (Å²) in [6.45, 7) is 1.71. The van der Waals surface area contributed by atoms with Crippen molar-refractivity contribution < 1.29 is 31.1 Å². The Kier molecular flexibility index (Phi) is 5.32. The molecule has 0 heterocycles. The third-order valence-electron chi connectivity index (χ3n) is 3.20. The summed E-state index contributed by atoms with van der Waals surface area (Å²) in [7, 11) is 0. The van der Waals surface area contributed by atoms with Crippen LogP contribution in [0.2, 0.25) is 5.02 Å². The standard InChI is InChI=1S/C16H11ClF6O/c1-2-3-8-4-5-10(15(21)14(8)20)16(22,23)24-9-6-11(18)13(17)12(19)7-9/h4-7H,2-3H2,1H3. The minimum atomic E-state index is -4.34. The summed E-state index contributed by atoms with van der Waals surface area (Å²) in [4.78, 5) is 0. The molecule has 130 valence electrons. The molecule has 0 aliphatic rings. The van der Waals surface area contributed by atoms with Gasteiger partial charge in [-0.1, -0.05) is 31.0 Å². The van der Waals surface area contributed by atoms with Crippen molar-refractivity contribution in [1.82, 2.24) is 0 Å². The Balaban J connectivity index is 2.39. The van der Waals surface area contributed by atoms with Crippen molar-refractivity contribution in [1.29, 1.82) is 0 Å². The number of alkyl halides is 2. The van der Waals surface area contributed by atoms with Gasteiger partial charge < -0.3 is 4.74 Å². The van der Waals surface area contributed by atoms with Crippen LogP contribution in [-0.2, 0) is 12.5 Å². The van der Waals surface area contributed by atoms with E-state index < -0.39 is 45.7 Å². The van der Waals surface area contributed by atoms with Crippen LogP contribution >= 0.6 is 11.6 Å². The van der Waals surface area contributed by atoms with Gasteiger partial charge in [0.15, 0.2) is 11.6 Å². The SMILES string of the molecule is CCCc1ccc(C(F)(F)Oc2cc(F)c(Cl)c(F)c2)c(F)c1F. The number of halogens is 7. The maximum Gasteiger partial charge on any atom is 0.429 e. The molecule has 0 aliphatic heterocycles. The molecule has 2 rings (SSSR count). The van der Waals surface area contributed by atoms with Crippen LogP contribution in [0.4, 0.5) is 26.3 Å². The van der Waals surface area contributed by atoms with Crippen molar-refractivity contribution in [2.24, 2.45) is 0 Å². The lowest BCUT2D eigenvalue weighted by molar-refractivity contribution is -0.187. The maximum absolute atomic E-state index is 14.1. The zero-order chi connectivity index (χ0) is 18.1. The third-order valence-corrected chi connectivity index (χ3v) is 3.56. The van der Waals surface area contributed by atoms with Crippen molar-refractivity contribution in [3.05, 3.63) is 63.7 Å². The molecule has 0 unspecified atom stereocenters. The van der Waals surface area contributed by atoms with Gasteiger partial charge in [0.05, 0.1) is 0 Å². The van der Waals surface area contributed by atoms with Gasteiger partial charge in [-0.15, -0.1) is 0 Å². The zero-order valence-corrected chi connectivity index (χ0v) is 13.0. The van der Waals surface area contributed by atoms with Crippen LogP contribution < -0.4 is 4.74 Å². The van der Waals surface area contributed by atoms with Crippen LogP contribution in [0.25, 0.3) is 0 Å². The van der Waals surface area contributed by atoms with Crippen molar-refractivity contribution in [3.63, 3.8) is 0 Å². The molecule has 0 aromatic heterocycles. The zero-order valence-electron chi connectivity index (χ0n) is 12.3. The van der Waals surface area contributed by atoms with Crippen molar-refractivity contribution in [3.8, 4) is 5.75 Å². The summed E-state index contributed by atoms with van der Waals surface area (Å²) < 4.78 is 86.5. The smallest absolute Gasteiger partial charge is 0.429 e. The first-order chi connectivity index (χ1) is 11.2. The van der Waals surface area contributed by atoms with Gasteiger partial charge in [0.25, 0.3) is 0 Å². The first-order valence-corrected chi connectivity index (χ1v) is 7.24. The Bertz CT molecular complexity index is 739. The van der Waals surface area contributed by atoms with Crippen molar-refractivity contribution in [2.75, 3.05) is 0 Å². The molecule has 0 saturated heterocycles. The second-order valence-corrected chi connectivity index (χ2v) is 5.35. The fourth-order valence-electron chi connectivity index (χ4n) is 2.07. The topological polar surface area (TPSA) is 9.23 Å². The van der Waals surface area contributed by atoms with E-state index >= 15 is 0 Å². The van der Waals surface area contributed by atoms with Crippen LogP contribution in [0.5, 0.6) is 5.75 Å². The quantitative estimate of drug-likeness (QED) is 0.466. The monoisotopic (exact) mass is 368 g/mol. The lowest BCUT2D eigenvalue weighted by Gasteiger charge is -2.20. The predicted molar refractivity (Wildman–Crippen MR) is 76.2 cm³/mol. The molecule has 0 aliphatic carbocycles. The highest BCUT2D eigenvalue weighted by Gasteiger charge is 2.39. The number of benzene rings is 2. The van der Waals surface area contributed by atoms with E-state index in [1.165, 1.54) is 0 Å². The Hall–Kier alpha value is -1.89. The highest BCUT2D eigenvalue weighted by atomic mass is 35.5. The summed E-state index contributed by atoms with van der Waals surface area (Å²) in [6.07, 6.45) is -3.68. The van der Waals surface area contributed by atoms with E-state index in [2.05, 4.69) is 4.74 Å². The Morgan fingerprint density at radius 1 is 1.00 bits per heavy atom. The lowest BCUT2D eigenvalue weighted by Crippen LogP contribution is -2.24. The van der Waals surface area contributed by atoms with E-state index in [0.717, 1.165) is 6.07 Å². The molecule has 24 heavy (non-hydrogen) atoms. The van der Waals surface area contributed by atoms with Gasteiger partial charge in [0, 0.05) is 12.1 Å². The number of rotatable bonds is 5. The first-order valence-electron chi connectivity index (χ1n) is 6.86. The predicted octanol–water partition coefficient (Wildman–Crippen LogP) is 5.98. The molecule has 0 fully saturated rings. The van der Waals surface area contributed by atoms with Crippen LogP contribution in [-0.4, -0.2) is 0 Å². The number of hydrogen-bond donors (Lipinski definition) is 0. The second-order valence-electron chi connectivity index (χ2n) is 4.97. The van der Waals surface area contributed by atoms with Gasteiger partial charge in [-0.2, -0.15) is 8.78 Å². The highest BCUT2D eigenvalue weighted by Crippen LogP contribution is 2.36. The normalized spacial score (nSPS) is 11.7. The van der Waals surface area contributed by atoms with Gasteiger partial charge in [0.1, 0.15) is 28.0 Å². The maximum atomic E-state index is 14.1. The van der Waals surface area contributed by atoms with Crippen LogP contribution in [0.3, 0.4) is 0 Å². The van der Waals surface area contributed by atoms with E-state index in [1.54, 1.807) is 6.92 Å². The summed E-state index contributed by atoms with van der Waals surface area (Å²) in [6, 6.07) is 2.52. The Morgan fingerprint density at radius 3 is 2.12 bits per heavy atom. The molecule has 0 N–H and O–H groups in total. The van der Waals surface area contributed by atoms with Crippen molar-refractivity contribution in [2.45, 2.75) is 25.9 Å². The molecule has 0 saturated carbocycles. The molecule has 8 heteroatoms. The molecule has 0 radical (unpaired) electrons. The Labute approximate surface area is 138 Å². The van der Waals surface area contributed by atoms with Gasteiger partial charge >= 0.3 is 6.11 Å². The Morgan fingerprint density at radius 2 is 1.58 bits per heavy atom. The van der Waals surface area contributed by atoms with E-state index in [1.807, 2.05) is 0 Å². The average Bonchev–Trinajstić information content (AvgIpc) is 2.49. The lowest BCUT2D eigenvalue weighted by atomic mass is 10.1. The molecule has 1 nitrogen and oxygen atoms in total. The minimum Gasteiger partial charge on any atom is -0.429 e. The van der Waals surface area contributed by atoms with Crippen LogP contribution in [0, 0.1) is 23.3 Å². The molecule has 0 amide bonds. The van der Waals surface area contributed by atoms with Gasteiger partial charge in [0.2, 0.25) is 0 Å². The van der Waals surface area contributed by atoms with E-state index in [9.17, 15) is 26.3 Å². The molecule has 0 spiro atoms. The van der Waals surface area contributed by atoms with E-state index in [-0.39, 0.29) is 12.0 Å². The number of hydrogen-bond acceptors (Lipinski definition) is 1. The van der Waals surface area contributed by atoms with Gasteiger partial charge in [-0.3, -0.25) is 0 Å². The van der Waals surface area contributed by atoms with Crippen molar-refractivity contribution >= 4 is 11.6 Å². The fourth-order valence-corrected chi connectivity index (χ4v) is 2.18. The summed E-state index contributed by atoms with van der Waals surface area (Å²) in [5.74, 6) is -6.76. The van der Waals surface area contributed by atoms with Crippen LogP contribution in [0.1, 0.15) is 24.5 Å². The summed E-state index contributed by atoms with van der Waals surface area (Å²) >= 11 is 5.23. The van der Waals surface area contributed by atoms with Crippen LogP contribution in [0.15, 0.2) is 24.3 Å².